The molecule has 11 heavy (non-hydrogen) atoms. The van der Waals surface area contributed by atoms with Gasteiger partial charge in [0.25, 0.3) is 0 Å². The number of rotatable bonds is 2. The van der Waals surface area contributed by atoms with Crippen molar-refractivity contribution in [1.82, 2.24) is 0 Å². The molecule has 0 amide bonds. The van der Waals surface area contributed by atoms with Gasteiger partial charge in [-0.05, 0) is 0 Å². The molecule has 1 unspecified atom stereocenters. The maximum Gasteiger partial charge on any atom is 0.317 e. The summed E-state index contributed by atoms with van der Waals surface area (Å²) in [7, 11) is -1.76. The molecule has 58 valence electrons. The van der Waals surface area contributed by atoms with E-state index in [2.05, 4.69) is 0 Å². The average Bonchev–Trinajstić information content (AvgIpc) is 2.05. The van der Waals surface area contributed by atoms with Crippen LogP contribution < -0.4 is 5.46 Å². The van der Waals surface area contributed by atoms with Crippen LogP contribution in [0, 0.1) is 0 Å². The lowest BCUT2D eigenvalue weighted by Crippen LogP contribution is -2.30. The van der Waals surface area contributed by atoms with Crippen molar-refractivity contribution >= 4 is 22.4 Å². The lowest BCUT2D eigenvalue weighted by atomic mass is 9.71. The number of hydrogen-bond acceptors (Lipinski definition) is 1. The molecule has 0 spiro atoms. The lowest BCUT2D eigenvalue weighted by molar-refractivity contribution is 0.578. The maximum absolute atomic E-state index is 10.6. The summed E-state index contributed by atoms with van der Waals surface area (Å²) in [6, 6.07) is 9.30. The standard InChI is InChI=1S/C7H9BO2S/c1-8(11(9)10)7-5-3-2-4-6-7/h2-6H,1H3,(H,9,10). The number of benzene rings is 1. The molecule has 0 saturated heterocycles. The van der Waals surface area contributed by atoms with E-state index in [9.17, 15) is 4.21 Å². The van der Waals surface area contributed by atoms with Crippen molar-refractivity contribution in [3.8, 4) is 0 Å². The van der Waals surface area contributed by atoms with E-state index in [4.69, 9.17) is 4.55 Å². The van der Waals surface area contributed by atoms with Gasteiger partial charge < -0.3 is 4.55 Å². The van der Waals surface area contributed by atoms with E-state index in [0.717, 1.165) is 5.46 Å². The van der Waals surface area contributed by atoms with Gasteiger partial charge in [0, 0.05) is 0 Å². The molecule has 0 aliphatic rings. The van der Waals surface area contributed by atoms with Crippen molar-refractivity contribution in [3.63, 3.8) is 0 Å². The van der Waals surface area contributed by atoms with E-state index in [1.54, 1.807) is 6.82 Å². The highest BCUT2D eigenvalue weighted by molar-refractivity contribution is 8.10. The van der Waals surface area contributed by atoms with E-state index >= 15 is 0 Å². The molecule has 0 aliphatic heterocycles. The van der Waals surface area contributed by atoms with E-state index < -0.39 is 10.9 Å². The van der Waals surface area contributed by atoms with Gasteiger partial charge in [-0.1, -0.05) is 42.6 Å². The third-order valence-electron chi connectivity index (χ3n) is 1.57. The van der Waals surface area contributed by atoms with Gasteiger partial charge in [0.05, 0.1) is 0 Å². The minimum atomic E-state index is -1.76. The van der Waals surface area contributed by atoms with E-state index in [-0.39, 0.29) is 5.99 Å². The second kappa shape index (κ2) is 3.69. The molecule has 1 rings (SSSR count). The van der Waals surface area contributed by atoms with Crippen LogP contribution in [0.5, 0.6) is 0 Å². The highest BCUT2D eigenvalue weighted by Crippen LogP contribution is 1.90. The zero-order valence-electron chi connectivity index (χ0n) is 6.23. The first kappa shape index (κ1) is 8.49. The SMILES string of the molecule is CB(c1ccccc1)S(=O)O. The predicted octanol–water partition coefficient (Wildman–Crippen LogP) is 0.737. The van der Waals surface area contributed by atoms with Gasteiger partial charge >= 0.3 is 5.99 Å². The fraction of sp³-hybridized carbons (Fsp3) is 0.143. The highest BCUT2D eigenvalue weighted by Gasteiger charge is 2.15. The second-order valence-corrected chi connectivity index (χ2v) is 3.59. The first-order chi connectivity index (χ1) is 5.22. The van der Waals surface area contributed by atoms with E-state index in [0.29, 0.717) is 0 Å². The Kier molecular flexibility index (Phi) is 2.85. The van der Waals surface area contributed by atoms with Gasteiger partial charge in [-0.15, -0.1) is 0 Å². The Hall–Kier alpha value is -0.605. The van der Waals surface area contributed by atoms with Gasteiger partial charge in [-0.25, -0.2) is 4.21 Å². The molecular weight excluding hydrogens is 159 g/mol. The van der Waals surface area contributed by atoms with Crippen molar-refractivity contribution in [2.24, 2.45) is 0 Å². The van der Waals surface area contributed by atoms with E-state index in [1.807, 2.05) is 30.3 Å². The summed E-state index contributed by atoms with van der Waals surface area (Å²) in [4.78, 5) is 0. The van der Waals surface area contributed by atoms with Crippen LogP contribution >= 0.6 is 0 Å². The summed E-state index contributed by atoms with van der Waals surface area (Å²) < 4.78 is 19.4. The van der Waals surface area contributed by atoms with Crippen LogP contribution in [0.2, 0.25) is 6.82 Å². The Balaban J connectivity index is 2.85. The lowest BCUT2D eigenvalue weighted by Gasteiger charge is -2.01. The van der Waals surface area contributed by atoms with Crippen molar-refractivity contribution in [1.29, 1.82) is 0 Å². The molecule has 4 heteroatoms. The van der Waals surface area contributed by atoms with Gasteiger partial charge in [-0.2, -0.15) is 0 Å². The van der Waals surface area contributed by atoms with Crippen LogP contribution in [-0.4, -0.2) is 14.8 Å². The molecule has 1 atom stereocenters. The minimum absolute atomic E-state index is 0.295. The third-order valence-corrected chi connectivity index (χ3v) is 2.45. The van der Waals surface area contributed by atoms with Gasteiger partial charge in [0.2, 0.25) is 0 Å². The second-order valence-electron chi connectivity index (χ2n) is 2.33. The topological polar surface area (TPSA) is 37.3 Å². The molecule has 0 fully saturated rings. The molecule has 0 bridgehead atoms. The van der Waals surface area contributed by atoms with Gasteiger partial charge in [0.15, 0.2) is 0 Å². The molecule has 0 aliphatic carbocycles. The zero-order chi connectivity index (χ0) is 8.27. The molecule has 0 saturated carbocycles. The van der Waals surface area contributed by atoms with Gasteiger partial charge in [-0.3, -0.25) is 0 Å². The molecule has 1 N–H and O–H groups in total. The quantitative estimate of drug-likeness (QED) is 0.522. The Morgan fingerprint density at radius 3 is 2.36 bits per heavy atom. The van der Waals surface area contributed by atoms with E-state index in [1.165, 1.54) is 0 Å². The van der Waals surface area contributed by atoms with Crippen LogP contribution in [0.4, 0.5) is 0 Å². The number of hydrogen-bond donors (Lipinski definition) is 1. The third kappa shape index (κ3) is 2.17. The largest absolute Gasteiger partial charge is 0.317 e. The summed E-state index contributed by atoms with van der Waals surface area (Å²) in [6.07, 6.45) is 0. The fourth-order valence-corrected chi connectivity index (χ4v) is 1.23. The van der Waals surface area contributed by atoms with Crippen molar-refractivity contribution in [2.45, 2.75) is 6.82 Å². The minimum Gasteiger partial charge on any atom is -0.315 e. The van der Waals surface area contributed by atoms with Crippen LogP contribution in [0.1, 0.15) is 0 Å². The monoisotopic (exact) mass is 168 g/mol. The average molecular weight is 168 g/mol. The normalized spacial score (nSPS) is 12.5. The summed E-state index contributed by atoms with van der Waals surface area (Å²) in [5, 5.41) is 0. The van der Waals surface area contributed by atoms with Crippen molar-refractivity contribution in [2.75, 3.05) is 0 Å². The zero-order valence-corrected chi connectivity index (χ0v) is 7.04. The Bertz CT molecular complexity index is 250. The molecule has 1 aromatic carbocycles. The summed E-state index contributed by atoms with van der Waals surface area (Å²) in [6.45, 7) is 1.73. The smallest absolute Gasteiger partial charge is 0.315 e. The predicted molar refractivity (Wildman–Crippen MR) is 48.5 cm³/mol. The fourth-order valence-electron chi connectivity index (χ4n) is 0.840. The summed E-state index contributed by atoms with van der Waals surface area (Å²) >= 11 is 0. The molecule has 0 radical (unpaired) electrons. The molecular formula is C7H9BO2S. The maximum atomic E-state index is 10.6. The van der Waals surface area contributed by atoms with Crippen LogP contribution in [0.15, 0.2) is 30.3 Å². The summed E-state index contributed by atoms with van der Waals surface area (Å²) in [5.41, 5.74) is 0.897. The van der Waals surface area contributed by atoms with Crippen LogP contribution in [0.25, 0.3) is 0 Å². The molecule has 0 heterocycles. The molecule has 1 aromatic rings. The van der Waals surface area contributed by atoms with Gasteiger partial charge in [0.1, 0.15) is 10.9 Å². The van der Waals surface area contributed by atoms with Crippen LogP contribution in [-0.2, 0) is 10.9 Å². The molecule has 0 aromatic heterocycles. The first-order valence-corrected chi connectivity index (χ1v) is 4.53. The van der Waals surface area contributed by atoms with Crippen molar-refractivity contribution in [3.05, 3.63) is 30.3 Å². The Labute approximate surface area is 68.9 Å². The Morgan fingerprint density at radius 2 is 1.91 bits per heavy atom. The highest BCUT2D eigenvalue weighted by atomic mass is 32.2. The first-order valence-electron chi connectivity index (χ1n) is 3.36. The molecule has 2 nitrogen and oxygen atoms in total. The van der Waals surface area contributed by atoms with Crippen LogP contribution in [0.3, 0.4) is 0 Å². The van der Waals surface area contributed by atoms with Crippen molar-refractivity contribution < 1.29 is 8.76 Å². The Morgan fingerprint density at radius 1 is 1.36 bits per heavy atom. The summed E-state index contributed by atoms with van der Waals surface area (Å²) in [5.74, 6) is -0.295.